The van der Waals surface area contributed by atoms with Crippen molar-refractivity contribution >= 4 is 11.9 Å². The fourth-order valence-electron chi connectivity index (χ4n) is 3.71. The van der Waals surface area contributed by atoms with E-state index in [0.717, 1.165) is 25.7 Å². The lowest BCUT2D eigenvalue weighted by Gasteiger charge is -2.07. The Kier molecular flexibility index (Phi) is 17.5. The van der Waals surface area contributed by atoms with Gasteiger partial charge in [0.15, 0.2) is 0 Å². The zero-order chi connectivity index (χ0) is 23.3. The molecule has 0 aliphatic rings. The molecule has 0 saturated heterocycles. The lowest BCUT2D eigenvalue weighted by molar-refractivity contribution is 0.0483. The predicted octanol–water partition coefficient (Wildman–Crippen LogP) is 8.28. The van der Waals surface area contributed by atoms with Crippen LogP contribution in [0.3, 0.4) is 0 Å². The van der Waals surface area contributed by atoms with Crippen LogP contribution in [-0.4, -0.2) is 25.2 Å². The number of hydrogen-bond acceptors (Lipinski definition) is 4. The van der Waals surface area contributed by atoms with E-state index in [4.69, 9.17) is 9.47 Å². The van der Waals surface area contributed by atoms with Gasteiger partial charge in [-0.3, -0.25) is 0 Å². The van der Waals surface area contributed by atoms with Crippen molar-refractivity contribution in [1.82, 2.24) is 0 Å². The number of esters is 2. The van der Waals surface area contributed by atoms with Crippen LogP contribution in [0, 0.1) is 0 Å². The Bertz CT molecular complexity index is 541. The zero-order valence-corrected chi connectivity index (χ0v) is 20.7. The van der Waals surface area contributed by atoms with Crippen LogP contribution >= 0.6 is 0 Å². The minimum atomic E-state index is -0.327. The molecule has 0 amide bonds. The Balaban J connectivity index is 2.11. The van der Waals surface area contributed by atoms with Crippen molar-refractivity contribution in [3.8, 4) is 0 Å². The highest BCUT2D eigenvalue weighted by molar-refractivity contribution is 5.93. The molecule has 0 aliphatic heterocycles. The number of rotatable bonds is 20. The SMILES string of the molecule is CCCCCCCCCCOC(=O)c1ccc(C(=O)OCCCCCCCCCC)cc1. The van der Waals surface area contributed by atoms with E-state index in [-0.39, 0.29) is 11.9 Å². The van der Waals surface area contributed by atoms with Gasteiger partial charge in [-0.1, -0.05) is 104 Å². The minimum absolute atomic E-state index is 0.327. The van der Waals surface area contributed by atoms with Crippen molar-refractivity contribution in [3.05, 3.63) is 35.4 Å². The van der Waals surface area contributed by atoms with Gasteiger partial charge in [-0.05, 0) is 37.1 Å². The first-order chi connectivity index (χ1) is 15.7. The van der Waals surface area contributed by atoms with Crippen LogP contribution in [0.15, 0.2) is 24.3 Å². The summed E-state index contributed by atoms with van der Waals surface area (Å²) in [5.41, 5.74) is 0.952. The molecule has 4 nitrogen and oxygen atoms in total. The molecule has 0 spiro atoms. The summed E-state index contributed by atoms with van der Waals surface area (Å²) in [5.74, 6) is -0.654. The van der Waals surface area contributed by atoms with Gasteiger partial charge in [0.25, 0.3) is 0 Å². The Morgan fingerprint density at radius 3 is 1.09 bits per heavy atom. The summed E-state index contributed by atoms with van der Waals surface area (Å²) >= 11 is 0. The monoisotopic (exact) mass is 446 g/mol. The van der Waals surface area contributed by atoms with E-state index >= 15 is 0 Å². The minimum Gasteiger partial charge on any atom is -0.462 e. The lowest BCUT2D eigenvalue weighted by Crippen LogP contribution is -2.09. The fourth-order valence-corrected chi connectivity index (χ4v) is 3.71. The van der Waals surface area contributed by atoms with Gasteiger partial charge in [-0.15, -0.1) is 0 Å². The van der Waals surface area contributed by atoms with Crippen molar-refractivity contribution in [2.45, 2.75) is 117 Å². The highest BCUT2D eigenvalue weighted by atomic mass is 16.5. The van der Waals surface area contributed by atoms with E-state index in [9.17, 15) is 9.59 Å². The molecule has 0 bridgehead atoms. The third-order valence-electron chi connectivity index (χ3n) is 5.82. The molecule has 1 aromatic carbocycles. The summed E-state index contributed by atoms with van der Waals surface area (Å²) in [4.78, 5) is 24.3. The summed E-state index contributed by atoms with van der Waals surface area (Å²) in [6, 6.07) is 6.57. The van der Waals surface area contributed by atoms with Crippen LogP contribution < -0.4 is 0 Å². The number of unbranched alkanes of at least 4 members (excludes halogenated alkanes) is 14. The van der Waals surface area contributed by atoms with Crippen LogP contribution in [0.25, 0.3) is 0 Å². The maximum Gasteiger partial charge on any atom is 0.338 e. The van der Waals surface area contributed by atoms with Gasteiger partial charge in [0.2, 0.25) is 0 Å². The molecule has 0 N–H and O–H groups in total. The molecule has 32 heavy (non-hydrogen) atoms. The molecule has 0 unspecified atom stereocenters. The third-order valence-corrected chi connectivity index (χ3v) is 5.82. The number of hydrogen-bond donors (Lipinski definition) is 0. The molecule has 4 heteroatoms. The van der Waals surface area contributed by atoms with Gasteiger partial charge < -0.3 is 9.47 Å². The van der Waals surface area contributed by atoms with Gasteiger partial charge >= 0.3 is 11.9 Å². The normalized spacial score (nSPS) is 10.8. The van der Waals surface area contributed by atoms with Crippen LogP contribution in [0.5, 0.6) is 0 Å². The Morgan fingerprint density at radius 1 is 0.500 bits per heavy atom. The van der Waals surface area contributed by atoms with Gasteiger partial charge in [0, 0.05) is 0 Å². The van der Waals surface area contributed by atoms with Crippen LogP contribution in [-0.2, 0) is 9.47 Å². The Labute approximate surface area is 196 Å². The average molecular weight is 447 g/mol. The van der Waals surface area contributed by atoms with Crippen LogP contribution in [0.2, 0.25) is 0 Å². The van der Waals surface area contributed by atoms with E-state index in [2.05, 4.69) is 13.8 Å². The number of benzene rings is 1. The summed E-state index contributed by atoms with van der Waals surface area (Å²) in [5, 5.41) is 0. The maximum atomic E-state index is 12.1. The first kappa shape index (κ1) is 28.2. The maximum absolute atomic E-state index is 12.1. The Hall–Kier alpha value is -1.84. The van der Waals surface area contributed by atoms with Crippen LogP contribution in [0.1, 0.15) is 137 Å². The second-order valence-corrected chi connectivity index (χ2v) is 8.80. The summed E-state index contributed by atoms with van der Waals surface area (Å²) in [7, 11) is 0. The largest absolute Gasteiger partial charge is 0.462 e. The van der Waals surface area contributed by atoms with Gasteiger partial charge in [-0.2, -0.15) is 0 Å². The fraction of sp³-hybridized carbons (Fsp3) is 0.714. The molecular weight excluding hydrogens is 400 g/mol. The van der Waals surface area contributed by atoms with Crippen molar-refractivity contribution in [1.29, 1.82) is 0 Å². The number of ether oxygens (including phenoxy) is 2. The summed E-state index contributed by atoms with van der Waals surface area (Å²) in [6.45, 7) is 5.37. The Morgan fingerprint density at radius 2 is 0.781 bits per heavy atom. The summed E-state index contributed by atoms with van der Waals surface area (Å²) in [6.07, 6.45) is 19.4. The van der Waals surface area contributed by atoms with E-state index in [1.807, 2.05) is 0 Å². The number of carbonyl (C=O) groups is 2. The molecule has 0 heterocycles. The molecule has 1 aromatic rings. The average Bonchev–Trinajstić information content (AvgIpc) is 2.81. The van der Waals surface area contributed by atoms with Crippen molar-refractivity contribution in [2.24, 2.45) is 0 Å². The molecule has 182 valence electrons. The number of carbonyl (C=O) groups excluding carboxylic acids is 2. The van der Waals surface area contributed by atoms with Gasteiger partial charge in [0.1, 0.15) is 0 Å². The van der Waals surface area contributed by atoms with Crippen molar-refractivity contribution in [3.63, 3.8) is 0 Å². The molecular formula is C28H46O4. The molecule has 0 radical (unpaired) electrons. The highest BCUT2D eigenvalue weighted by Gasteiger charge is 2.11. The second-order valence-electron chi connectivity index (χ2n) is 8.80. The van der Waals surface area contributed by atoms with Gasteiger partial charge in [0.05, 0.1) is 24.3 Å². The molecule has 0 aromatic heterocycles. The van der Waals surface area contributed by atoms with E-state index < -0.39 is 0 Å². The third kappa shape index (κ3) is 14.3. The topological polar surface area (TPSA) is 52.6 Å². The molecule has 0 aliphatic carbocycles. The molecule has 0 saturated carbocycles. The van der Waals surface area contributed by atoms with Crippen LogP contribution in [0.4, 0.5) is 0 Å². The highest BCUT2D eigenvalue weighted by Crippen LogP contribution is 2.12. The summed E-state index contributed by atoms with van der Waals surface area (Å²) < 4.78 is 10.7. The predicted molar refractivity (Wildman–Crippen MR) is 132 cm³/mol. The van der Waals surface area contributed by atoms with Crippen molar-refractivity contribution in [2.75, 3.05) is 13.2 Å². The molecule has 0 atom stereocenters. The molecule has 0 fully saturated rings. The first-order valence-electron chi connectivity index (χ1n) is 13.1. The zero-order valence-electron chi connectivity index (χ0n) is 20.7. The second kappa shape index (κ2) is 19.8. The van der Waals surface area contributed by atoms with Crippen molar-refractivity contribution < 1.29 is 19.1 Å². The van der Waals surface area contributed by atoms with E-state index in [1.54, 1.807) is 24.3 Å². The van der Waals surface area contributed by atoms with Gasteiger partial charge in [-0.25, -0.2) is 9.59 Å². The standard InChI is InChI=1S/C28H46O4/c1-3-5-7-9-11-13-15-17-23-31-27(29)25-19-21-26(22-20-25)28(30)32-24-18-16-14-12-10-8-6-4-2/h19-22H,3-18,23-24H2,1-2H3. The molecule has 1 rings (SSSR count). The smallest absolute Gasteiger partial charge is 0.338 e. The van der Waals surface area contributed by atoms with E-state index in [0.29, 0.717) is 24.3 Å². The first-order valence-corrected chi connectivity index (χ1v) is 13.1. The quantitative estimate of drug-likeness (QED) is 0.149. The lowest BCUT2D eigenvalue weighted by atomic mass is 10.1. The van der Waals surface area contributed by atoms with E-state index in [1.165, 1.54) is 77.0 Å².